The second-order valence-corrected chi connectivity index (χ2v) is 17.4. The van der Waals surface area contributed by atoms with Crippen LogP contribution in [0.25, 0.3) is 16.6 Å². The highest BCUT2D eigenvalue weighted by atomic mass is 35.5. The molecule has 1 aliphatic heterocycles. The van der Waals surface area contributed by atoms with Crippen molar-refractivity contribution in [2.75, 3.05) is 57.9 Å². The first-order valence-electron chi connectivity index (χ1n) is 20.1. The number of nitrogens with one attached hydrogen (secondary N) is 4. The Morgan fingerprint density at radius 1 is 1.10 bits per heavy atom. The maximum Gasteiger partial charge on any atom is 0.296 e. The van der Waals surface area contributed by atoms with E-state index < -0.39 is 27.9 Å². The number of nitro groups is 1. The molecule has 0 radical (unpaired) electrons. The lowest BCUT2D eigenvalue weighted by Gasteiger charge is -2.47. The van der Waals surface area contributed by atoms with E-state index in [-0.39, 0.29) is 27.5 Å². The number of halogens is 1. The molecule has 4 aromatic rings. The summed E-state index contributed by atoms with van der Waals surface area (Å²) < 4.78 is 27.4. The van der Waals surface area contributed by atoms with E-state index in [0.29, 0.717) is 30.0 Å². The Morgan fingerprint density at radius 3 is 2.63 bits per heavy atom. The zero-order valence-electron chi connectivity index (χ0n) is 33.3. The number of anilines is 1. The van der Waals surface area contributed by atoms with Crippen LogP contribution in [-0.4, -0.2) is 88.9 Å². The normalized spacial score (nSPS) is 19.2. The summed E-state index contributed by atoms with van der Waals surface area (Å²) in [5, 5.41) is 24.9. The van der Waals surface area contributed by atoms with Crippen LogP contribution in [0.15, 0.2) is 107 Å². The lowest BCUT2D eigenvalue weighted by atomic mass is 9.59. The SMILES string of the molecule is COCCN/C=C1\C(=N)C=C([S+]([O-])NC(=O)c2ccc(N3CCN(CC4=C(c5ccc(Cl)cc5)CC5(CCC5)CC4)CC3)cc2Oc2cnc3[nH]ccc3c2)C=C1[N+](=O)[O-]. The summed E-state index contributed by atoms with van der Waals surface area (Å²) in [5.74, 6) is -0.0896. The molecule has 2 fully saturated rings. The number of fused-ring (bicyclic) bond motifs is 1. The summed E-state index contributed by atoms with van der Waals surface area (Å²) in [6, 6.07) is 17.3. The third kappa shape index (κ3) is 9.15. The van der Waals surface area contributed by atoms with Gasteiger partial charge in [0.05, 0.1) is 40.7 Å². The highest BCUT2D eigenvalue weighted by Gasteiger charge is 2.41. The Bertz CT molecular complexity index is 2420. The zero-order valence-corrected chi connectivity index (χ0v) is 34.9. The first-order valence-corrected chi connectivity index (χ1v) is 21.6. The van der Waals surface area contributed by atoms with Crippen LogP contribution >= 0.6 is 11.6 Å². The molecule has 1 spiro atoms. The third-order valence-electron chi connectivity index (χ3n) is 11.9. The molecule has 3 heterocycles. The van der Waals surface area contributed by atoms with Gasteiger partial charge in [0.2, 0.25) is 0 Å². The van der Waals surface area contributed by atoms with E-state index in [2.05, 4.69) is 41.9 Å². The van der Waals surface area contributed by atoms with Crippen molar-refractivity contribution in [1.29, 1.82) is 5.41 Å². The van der Waals surface area contributed by atoms with Crippen LogP contribution in [0.5, 0.6) is 11.5 Å². The number of ether oxygens (including phenoxy) is 2. The number of methoxy groups -OCH3 is 1. The number of rotatable bonds is 14. The molecule has 4 N–H and O–H groups in total. The number of aromatic nitrogens is 2. The van der Waals surface area contributed by atoms with Crippen molar-refractivity contribution in [2.45, 2.75) is 38.5 Å². The molecule has 1 unspecified atom stereocenters. The zero-order chi connectivity index (χ0) is 41.8. The molecule has 60 heavy (non-hydrogen) atoms. The van der Waals surface area contributed by atoms with Crippen molar-refractivity contribution in [3.05, 3.63) is 133 Å². The van der Waals surface area contributed by atoms with Crippen LogP contribution < -0.4 is 19.7 Å². The van der Waals surface area contributed by atoms with Gasteiger partial charge in [-0.15, -0.1) is 0 Å². The second kappa shape index (κ2) is 18.0. The minimum atomic E-state index is -2.25. The first kappa shape index (κ1) is 41.3. The van der Waals surface area contributed by atoms with Crippen LogP contribution in [0.2, 0.25) is 5.02 Å². The summed E-state index contributed by atoms with van der Waals surface area (Å²) in [7, 11) is 1.53. The topological polar surface area (TPSA) is 185 Å². The van der Waals surface area contributed by atoms with Crippen LogP contribution in [-0.2, 0) is 16.1 Å². The first-order chi connectivity index (χ1) is 29.1. The number of hydrogen-bond donors (Lipinski definition) is 4. The summed E-state index contributed by atoms with van der Waals surface area (Å²) in [5.41, 5.74) is 5.77. The summed E-state index contributed by atoms with van der Waals surface area (Å²) >= 11 is 4.03. The van der Waals surface area contributed by atoms with Crippen LogP contribution in [0.3, 0.4) is 0 Å². The van der Waals surface area contributed by atoms with E-state index in [1.807, 2.05) is 36.4 Å². The number of aromatic amines is 1. The van der Waals surface area contributed by atoms with Gasteiger partial charge in [0.15, 0.2) is 4.91 Å². The van der Waals surface area contributed by atoms with Gasteiger partial charge in [0, 0.05) is 87.0 Å². The fraction of sp³-hybridized carbons (Fsp3) is 0.341. The van der Waals surface area contributed by atoms with Crippen LogP contribution in [0.1, 0.15) is 54.4 Å². The van der Waals surface area contributed by atoms with Gasteiger partial charge in [-0.2, -0.15) is 4.72 Å². The number of allylic oxidation sites excluding steroid dienone is 4. The van der Waals surface area contributed by atoms with Gasteiger partial charge >= 0.3 is 0 Å². The average molecular weight is 851 g/mol. The largest absolute Gasteiger partial charge is 0.588 e. The molecule has 1 saturated heterocycles. The van der Waals surface area contributed by atoms with E-state index in [1.54, 1.807) is 18.5 Å². The van der Waals surface area contributed by atoms with E-state index >= 15 is 0 Å². The molecule has 1 atom stereocenters. The average Bonchev–Trinajstić information content (AvgIpc) is 3.71. The van der Waals surface area contributed by atoms with Gasteiger partial charge in [-0.1, -0.05) is 35.7 Å². The molecule has 0 bridgehead atoms. The number of benzene rings is 2. The molecule has 1 amide bonds. The number of pyridine rings is 1. The fourth-order valence-electron chi connectivity index (χ4n) is 8.46. The van der Waals surface area contributed by atoms with Crippen molar-refractivity contribution in [3.63, 3.8) is 0 Å². The van der Waals surface area contributed by atoms with Crippen molar-refractivity contribution < 1.29 is 23.7 Å². The number of hydrogen-bond acceptors (Lipinski definition) is 11. The molecular formula is C44H47ClN8O6S. The van der Waals surface area contributed by atoms with Gasteiger partial charge in [-0.05, 0) is 85.1 Å². The minimum Gasteiger partial charge on any atom is -0.588 e. The number of H-pyrrole nitrogens is 1. The maximum absolute atomic E-state index is 13.9. The van der Waals surface area contributed by atoms with Crippen molar-refractivity contribution in [2.24, 2.45) is 5.41 Å². The monoisotopic (exact) mass is 850 g/mol. The Labute approximate surface area is 356 Å². The van der Waals surface area contributed by atoms with E-state index in [0.717, 1.165) is 67.7 Å². The van der Waals surface area contributed by atoms with E-state index in [9.17, 15) is 19.5 Å². The Hall–Kier alpha value is -5.45. The Kier molecular flexibility index (Phi) is 12.4. The van der Waals surface area contributed by atoms with E-state index in [1.165, 1.54) is 61.8 Å². The van der Waals surface area contributed by atoms with Gasteiger partial charge in [0.25, 0.3) is 11.6 Å². The van der Waals surface area contributed by atoms with Gasteiger partial charge in [-0.3, -0.25) is 25.2 Å². The molecule has 3 aliphatic carbocycles. The highest BCUT2D eigenvalue weighted by molar-refractivity contribution is 7.94. The second-order valence-electron chi connectivity index (χ2n) is 15.7. The fourth-order valence-corrected chi connectivity index (χ4v) is 9.43. The Morgan fingerprint density at radius 2 is 1.90 bits per heavy atom. The standard InChI is InChI=1S/C44H47ClN8O6S/c1-58-20-15-47-27-38-39(46)23-35(24-40(38)53(55)56)60(57)50-43(54)36-8-7-33(22-41(36)59-34-21-30-10-14-48-42(30)49-26-34)52-18-16-51(17-19-52)28-31-9-13-44(11-2-12-44)25-37(31)29-3-5-32(45)6-4-29/h3-8,10,14,21-24,26-27,46-47H,2,9,11-13,15-20,25,28H2,1H3,(H,48,49)(H,50,54)/b38-27+,46-39?. The molecule has 4 aliphatic rings. The highest BCUT2D eigenvalue weighted by Crippen LogP contribution is 2.55. The van der Waals surface area contributed by atoms with E-state index in [4.69, 9.17) is 26.5 Å². The molecule has 2 aromatic heterocycles. The van der Waals surface area contributed by atoms with Crippen molar-refractivity contribution >= 4 is 56.9 Å². The summed E-state index contributed by atoms with van der Waals surface area (Å²) in [6.07, 6.45) is 14.5. The minimum absolute atomic E-state index is 0.0129. The maximum atomic E-state index is 13.9. The Balaban J connectivity index is 0.993. The quantitative estimate of drug-likeness (QED) is 0.0428. The number of amides is 1. The summed E-state index contributed by atoms with van der Waals surface area (Å²) in [6.45, 7) is 4.91. The lowest BCUT2D eigenvalue weighted by Crippen LogP contribution is -2.47. The molecular weight excluding hydrogens is 804 g/mol. The van der Waals surface area contributed by atoms with Gasteiger partial charge in [-0.25, -0.2) is 4.98 Å². The molecule has 1 saturated carbocycles. The van der Waals surface area contributed by atoms with Crippen molar-refractivity contribution in [3.8, 4) is 11.5 Å². The number of carbonyl (C=O) groups is 1. The third-order valence-corrected chi connectivity index (χ3v) is 13.2. The molecule has 2 aromatic carbocycles. The predicted octanol–water partition coefficient (Wildman–Crippen LogP) is 7.53. The van der Waals surface area contributed by atoms with Gasteiger partial charge < -0.3 is 29.2 Å². The van der Waals surface area contributed by atoms with Crippen LogP contribution in [0.4, 0.5) is 5.69 Å². The van der Waals surface area contributed by atoms with Crippen molar-refractivity contribution in [1.82, 2.24) is 24.9 Å². The molecule has 16 heteroatoms. The lowest BCUT2D eigenvalue weighted by molar-refractivity contribution is -0.420. The number of piperazine rings is 1. The molecule has 8 rings (SSSR count). The van der Waals surface area contributed by atoms with Crippen LogP contribution in [0, 0.1) is 20.9 Å². The molecule has 14 nitrogen and oxygen atoms in total. The smallest absolute Gasteiger partial charge is 0.296 e. The number of carbonyl (C=O) groups excluding carboxylic acids is 1. The number of nitrogens with zero attached hydrogens (tertiary/aromatic N) is 4. The summed E-state index contributed by atoms with van der Waals surface area (Å²) in [4.78, 5) is 37.4. The van der Waals surface area contributed by atoms with Gasteiger partial charge in [0.1, 0.15) is 28.5 Å². The predicted molar refractivity (Wildman–Crippen MR) is 234 cm³/mol. The molecule has 312 valence electrons.